The predicted octanol–water partition coefficient (Wildman–Crippen LogP) is 4.96. The Balaban J connectivity index is 1.60. The number of benzene rings is 3. The smallest absolute Gasteiger partial charge is 0.353 e. The average Bonchev–Trinajstić information content (AvgIpc) is 3.59. The summed E-state index contributed by atoms with van der Waals surface area (Å²) in [6, 6.07) is 22.8. The SMILES string of the molecule is COc1cccc(Cn2c(C(=O)O)c(-c3ccc(C(=O)NC4CC4)cc3)c3ccccc32)c1. The molecule has 0 bridgehead atoms. The molecule has 0 saturated heterocycles. The van der Waals surface area contributed by atoms with Crippen LogP contribution < -0.4 is 10.1 Å². The van der Waals surface area contributed by atoms with Crippen molar-refractivity contribution in [1.29, 1.82) is 0 Å². The van der Waals surface area contributed by atoms with Crippen LogP contribution in [0.2, 0.25) is 0 Å². The molecule has 5 rings (SSSR count). The van der Waals surface area contributed by atoms with E-state index in [-0.39, 0.29) is 17.6 Å². The van der Waals surface area contributed by atoms with E-state index in [1.165, 1.54) is 0 Å². The first-order valence-corrected chi connectivity index (χ1v) is 10.9. The van der Waals surface area contributed by atoms with Crippen molar-refractivity contribution in [2.75, 3.05) is 7.11 Å². The lowest BCUT2D eigenvalue weighted by Crippen LogP contribution is -2.25. The number of nitrogens with zero attached hydrogens (tertiary/aromatic N) is 1. The molecule has 0 radical (unpaired) electrons. The summed E-state index contributed by atoms with van der Waals surface area (Å²) in [5.74, 6) is -0.372. The second kappa shape index (κ2) is 8.47. The van der Waals surface area contributed by atoms with Crippen molar-refractivity contribution in [3.63, 3.8) is 0 Å². The lowest BCUT2D eigenvalue weighted by molar-refractivity contribution is 0.0687. The minimum atomic E-state index is -1.00. The van der Waals surface area contributed by atoms with Crippen LogP contribution in [0.3, 0.4) is 0 Å². The van der Waals surface area contributed by atoms with Gasteiger partial charge in [-0.2, -0.15) is 0 Å². The number of carbonyl (C=O) groups excluding carboxylic acids is 1. The second-order valence-electron chi connectivity index (χ2n) is 8.31. The molecule has 0 unspecified atom stereocenters. The zero-order chi connectivity index (χ0) is 22.9. The minimum Gasteiger partial charge on any atom is -0.497 e. The fourth-order valence-electron chi connectivity index (χ4n) is 4.22. The molecule has 0 aliphatic heterocycles. The Morgan fingerprint density at radius 2 is 1.79 bits per heavy atom. The van der Waals surface area contributed by atoms with Crippen LogP contribution in [0.15, 0.2) is 72.8 Å². The van der Waals surface area contributed by atoms with Crippen molar-refractivity contribution in [3.05, 3.63) is 89.6 Å². The summed E-state index contributed by atoms with van der Waals surface area (Å²) >= 11 is 0. The molecule has 1 aromatic heterocycles. The molecule has 6 heteroatoms. The van der Waals surface area contributed by atoms with E-state index in [0.29, 0.717) is 17.7 Å². The second-order valence-corrected chi connectivity index (χ2v) is 8.31. The number of aromatic carboxylic acids is 1. The quantitative estimate of drug-likeness (QED) is 0.426. The summed E-state index contributed by atoms with van der Waals surface area (Å²) in [4.78, 5) is 24.9. The van der Waals surface area contributed by atoms with Crippen LogP contribution >= 0.6 is 0 Å². The van der Waals surface area contributed by atoms with E-state index in [9.17, 15) is 14.7 Å². The van der Waals surface area contributed by atoms with Crippen LogP contribution in [-0.4, -0.2) is 34.7 Å². The molecule has 0 atom stereocenters. The van der Waals surface area contributed by atoms with Crippen LogP contribution in [-0.2, 0) is 6.54 Å². The normalized spacial score (nSPS) is 13.1. The van der Waals surface area contributed by atoms with E-state index in [1.54, 1.807) is 19.2 Å². The van der Waals surface area contributed by atoms with Crippen LogP contribution in [0.4, 0.5) is 0 Å². The van der Waals surface area contributed by atoms with Gasteiger partial charge < -0.3 is 19.7 Å². The van der Waals surface area contributed by atoms with E-state index >= 15 is 0 Å². The van der Waals surface area contributed by atoms with Gasteiger partial charge in [0.15, 0.2) is 0 Å². The van der Waals surface area contributed by atoms with Gasteiger partial charge in [-0.05, 0) is 54.3 Å². The van der Waals surface area contributed by atoms with Gasteiger partial charge >= 0.3 is 5.97 Å². The highest BCUT2D eigenvalue weighted by Gasteiger charge is 2.25. The Bertz CT molecular complexity index is 1350. The third kappa shape index (κ3) is 4.07. The number of hydrogen-bond acceptors (Lipinski definition) is 3. The molecule has 166 valence electrons. The number of hydrogen-bond donors (Lipinski definition) is 2. The molecule has 2 N–H and O–H groups in total. The first-order valence-electron chi connectivity index (χ1n) is 10.9. The predicted molar refractivity (Wildman–Crippen MR) is 127 cm³/mol. The molecule has 33 heavy (non-hydrogen) atoms. The van der Waals surface area contributed by atoms with Crippen LogP contribution in [0.1, 0.15) is 39.3 Å². The fraction of sp³-hybridized carbons (Fsp3) is 0.185. The maximum absolute atomic E-state index is 12.5. The van der Waals surface area contributed by atoms with E-state index in [0.717, 1.165) is 40.6 Å². The van der Waals surface area contributed by atoms with E-state index in [2.05, 4.69) is 5.32 Å². The first-order chi connectivity index (χ1) is 16.0. The number of aromatic nitrogens is 1. The number of amides is 1. The summed E-state index contributed by atoms with van der Waals surface area (Å²) < 4.78 is 7.16. The molecule has 0 spiro atoms. The van der Waals surface area contributed by atoms with Crippen molar-refractivity contribution in [2.24, 2.45) is 0 Å². The van der Waals surface area contributed by atoms with Crippen molar-refractivity contribution in [2.45, 2.75) is 25.4 Å². The Kier molecular flexibility index (Phi) is 5.34. The maximum Gasteiger partial charge on any atom is 0.353 e. The van der Waals surface area contributed by atoms with E-state index in [4.69, 9.17) is 4.74 Å². The lowest BCUT2D eigenvalue weighted by Gasteiger charge is -2.11. The zero-order valence-corrected chi connectivity index (χ0v) is 18.2. The highest BCUT2D eigenvalue weighted by molar-refractivity contribution is 6.08. The van der Waals surface area contributed by atoms with Gasteiger partial charge in [0.25, 0.3) is 5.91 Å². The molecule has 1 saturated carbocycles. The van der Waals surface area contributed by atoms with Gasteiger partial charge in [0.2, 0.25) is 0 Å². The summed E-state index contributed by atoms with van der Waals surface area (Å²) in [6.07, 6.45) is 2.05. The van der Waals surface area contributed by atoms with Gasteiger partial charge in [-0.15, -0.1) is 0 Å². The van der Waals surface area contributed by atoms with Gasteiger partial charge in [0.05, 0.1) is 7.11 Å². The highest BCUT2D eigenvalue weighted by atomic mass is 16.5. The van der Waals surface area contributed by atoms with Crippen molar-refractivity contribution >= 4 is 22.8 Å². The van der Waals surface area contributed by atoms with Crippen LogP contribution in [0.25, 0.3) is 22.0 Å². The lowest BCUT2D eigenvalue weighted by atomic mass is 10.00. The van der Waals surface area contributed by atoms with E-state index < -0.39 is 5.97 Å². The fourth-order valence-corrected chi connectivity index (χ4v) is 4.22. The van der Waals surface area contributed by atoms with Crippen molar-refractivity contribution in [1.82, 2.24) is 9.88 Å². The monoisotopic (exact) mass is 440 g/mol. The number of fused-ring (bicyclic) bond motifs is 1. The molecule has 6 nitrogen and oxygen atoms in total. The average molecular weight is 440 g/mol. The largest absolute Gasteiger partial charge is 0.497 e. The van der Waals surface area contributed by atoms with Gasteiger partial charge in [-0.1, -0.05) is 42.5 Å². The van der Waals surface area contributed by atoms with Gasteiger partial charge in [0.1, 0.15) is 11.4 Å². The molecular formula is C27H24N2O4. The number of carbonyl (C=O) groups is 2. The Morgan fingerprint density at radius 1 is 1.03 bits per heavy atom. The summed E-state index contributed by atoms with van der Waals surface area (Å²) in [5, 5.41) is 14.1. The third-order valence-corrected chi connectivity index (χ3v) is 6.00. The highest BCUT2D eigenvalue weighted by Crippen LogP contribution is 2.36. The summed E-state index contributed by atoms with van der Waals surface area (Å²) in [6.45, 7) is 0.390. The molecule has 1 fully saturated rings. The Labute approximate surface area is 191 Å². The molecule has 1 aliphatic rings. The van der Waals surface area contributed by atoms with Crippen molar-refractivity contribution in [3.8, 4) is 16.9 Å². The zero-order valence-electron chi connectivity index (χ0n) is 18.2. The van der Waals surface area contributed by atoms with E-state index in [1.807, 2.05) is 65.2 Å². The molecule has 3 aromatic carbocycles. The summed E-state index contributed by atoms with van der Waals surface area (Å²) in [5.41, 5.74) is 3.97. The summed E-state index contributed by atoms with van der Waals surface area (Å²) in [7, 11) is 1.61. The first kappa shape index (κ1) is 20.8. The minimum absolute atomic E-state index is 0.0945. The van der Waals surface area contributed by atoms with Crippen LogP contribution in [0.5, 0.6) is 5.75 Å². The molecule has 1 heterocycles. The number of rotatable bonds is 7. The topological polar surface area (TPSA) is 80.6 Å². The number of para-hydroxylation sites is 1. The molecular weight excluding hydrogens is 416 g/mol. The standard InChI is InChI=1S/C27H24N2O4/c1-33-21-6-4-5-17(15-21)16-29-23-8-3-2-7-22(23)24(25(29)27(31)32)18-9-11-19(12-10-18)26(30)28-20-13-14-20/h2-12,15,20H,13-14,16H2,1H3,(H,28,30)(H,31,32). The molecule has 4 aromatic rings. The molecule has 1 aliphatic carbocycles. The van der Waals surface area contributed by atoms with Crippen molar-refractivity contribution < 1.29 is 19.4 Å². The van der Waals surface area contributed by atoms with Crippen LogP contribution in [0, 0.1) is 0 Å². The molecule has 1 amide bonds. The van der Waals surface area contributed by atoms with Gasteiger partial charge in [0, 0.05) is 34.6 Å². The maximum atomic E-state index is 12.5. The number of carboxylic acid groups (broad SMARTS) is 1. The third-order valence-electron chi connectivity index (χ3n) is 6.00. The number of carboxylic acids is 1. The number of ether oxygens (including phenoxy) is 1. The number of methoxy groups -OCH3 is 1. The Hall–Kier alpha value is -4.06. The van der Waals surface area contributed by atoms with Gasteiger partial charge in [-0.25, -0.2) is 4.79 Å². The number of nitrogens with one attached hydrogen (secondary N) is 1. The Morgan fingerprint density at radius 3 is 2.48 bits per heavy atom. The van der Waals surface area contributed by atoms with Gasteiger partial charge in [-0.3, -0.25) is 4.79 Å².